The molecule has 0 aliphatic heterocycles. The van der Waals surface area contributed by atoms with Crippen molar-refractivity contribution in [2.75, 3.05) is 0 Å². The molecule has 1 aliphatic carbocycles. The van der Waals surface area contributed by atoms with Crippen LogP contribution in [0, 0.1) is 12.8 Å². The summed E-state index contributed by atoms with van der Waals surface area (Å²) in [6, 6.07) is 2.20. The summed E-state index contributed by atoms with van der Waals surface area (Å²) in [5.74, 6) is 0.848. The normalized spacial score (nSPS) is 20.2. The van der Waals surface area contributed by atoms with E-state index >= 15 is 0 Å². The molecule has 1 fully saturated rings. The number of hydrogen-bond acceptors (Lipinski definition) is 1. The minimum absolute atomic E-state index is 0.216. The first-order valence-corrected chi connectivity index (χ1v) is 8.61. The highest BCUT2D eigenvalue weighted by Gasteiger charge is 2.19. The highest BCUT2D eigenvalue weighted by atomic mass is 79.9. The molecule has 0 saturated heterocycles. The largest absolute Gasteiger partial charge is 0.143 e. The lowest BCUT2D eigenvalue weighted by atomic mass is 9.94. The maximum absolute atomic E-state index is 6.57. The molecule has 0 aromatic carbocycles. The Bertz CT molecular complexity index is 334. The van der Waals surface area contributed by atoms with Crippen LogP contribution in [-0.2, 0) is 0 Å². The van der Waals surface area contributed by atoms with Crippen LogP contribution in [0.25, 0.3) is 0 Å². The fourth-order valence-electron chi connectivity index (χ4n) is 2.64. The molecule has 0 spiro atoms. The van der Waals surface area contributed by atoms with Gasteiger partial charge in [-0.2, -0.15) is 0 Å². The van der Waals surface area contributed by atoms with Crippen LogP contribution in [0.5, 0.6) is 0 Å². The molecule has 0 amide bonds. The minimum atomic E-state index is 0.216. The van der Waals surface area contributed by atoms with E-state index in [1.807, 2.05) is 11.3 Å². The molecule has 2 rings (SSSR count). The molecule has 96 valence electrons. The van der Waals surface area contributed by atoms with E-state index in [4.69, 9.17) is 11.6 Å². The van der Waals surface area contributed by atoms with Gasteiger partial charge in [0.25, 0.3) is 0 Å². The Morgan fingerprint density at radius 2 is 2.00 bits per heavy atom. The van der Waals surface area contributed by atoms with Crippen molar-refractivity contribution in [3.05, 3.63) is 20.3 Å². The van der Waals surface area contributed by atoms with E-state index in [1.165, 1.54) is 52.8 Å². The van der Waals surface area contributed by atoms with E-state index in [0.717, 1.165) is 12.3 Å². The molecule has 0 nitrogen and oxygen atoms in total. The second-order valence-corrected chi connectivity index (χ2v) is 7.78. The number of aryl methyl sites for hydroxylation is 1. The molecule has 1 saturated carbocycles. The Morgan fingerprint density at radius 3 is 2.53 bits per heavy atom. The van der Waals surface area contributed by atoms with Crippen LogP contribution < -0.4 is 0 Å². The van der Waals surface area contributed by atoms with Gasteiger partial charge in [0.15, 0.2) is 0 Å². The molecule has 0 radical (unpaired) electrons. The van der Waals surface area contributed by atoms with Crippen molar-refractivity contribution >= 4 is 38.9 Å². The zero-order valence-corrected chi connectivity index (χ0v) is 13.5. The summed E-state index contributed by atoms with van der Waals surface area (Å²) >= 11 is 12.0. The fourth-order valence-corrected chi connectivity index (χ4v) is 4.64. The van der Waals surface area contributed by atoms with Crippen molar-refractivity contribution in [1.82, 2.24) is 0 Å². The zero-order valence-electron chi connectivity index (χ0n) is 10.3. The molecule has 1 atom stereocenters. The third-order valence-corrected chi connectivity index (χ3v) is 6.49. The summed E-state index contributed by atoms with van der Waals surface area (Å²) in [4.78, 5) is 2.67. The number of hydrogen-bond donors (Lipinski definition) is 0. The van der Waals surface area contributed by atoms with Crippen LogP contribution in [0.3, 0.4) is 0 Å². The Balaban J connectivity index is 1.93. The molecule has 0 N–H and O–H groups in total. The summed E-state index contributed by atoms with van der Waals surface area (Å²) in [6.07, 6.45) is 9.58. The molecule has 1 aromatic rings. The van der Waals surface area contributed by atoms with Crippen LogP contribution >= 0.6 is 38.9 Å². The first-order chi connectivity index (χ1) is 8.16. The van der Waals surface area contributed by atoms with Crippen LogP contribution in [0.1, 0.15) is 60.1 Å². The van der Waals surface area contributed by atoms with Gasteiger partial charge in [0.05, 0.1) is 5.38 Å². The molecule has 1 aliphatic rings. The van der Waals surface area contributed by atoms with Crippen molar-refractivity contribution < 1.29 is 0 Å². The molecule has 1 aromatic heterocycles. The van der Waals surface area contributed by atoms with Crippen LogP contribution in [0.15, 0.2) is 10.5 Å². The lowest BCUT2D eigenvalue weighted by Crippen LogP contribution is -2.02. The lowest BCUT2D eigenvalue weighted by molar-refractivity contribution is 0.424. The maximum Gasteiger partial charge on any atom is 0.0681 e. The standard InChI is InChI=1S/C14H20BrClS/c1-10-12(15)9-14(17-10)13(16)8-11-6-4-2-3-5-7-11/h9,11,13H,2-8H2,1H3. The number of thiophene rings is 1. The third-order valence-electron chi connectivity index (χ3n) is 3.70. The van der Waals surface area contributed by atoms with Crippen molar-refractivity contribution in [2.24, 2.45) is 5.92 Å². The van der Waals surface area contributed by atoms with Gasteiger partial charge in [0.2, 0.25) is 0 Å². The van der Waals surface area contributed by atoms with Crippen LogP contribution in [0.4, 0.5) is 0 Å². The average Bonchev–Trinajstić information content (AvgIpc) is 2.54. The highest BCUT2D eigenvalue weighted by molar-refractivity contribution is 9.10. The fraction of sp³-hybridized carbons (Fsp3) is 0.714. The Labute approximate surface area is 122 Å². The van der Waals surface area contributed by atoms with Gasteiger partial charge in [-0.3, -0.25) is 0 Å². The maximum atomic E-state index is 6.57. The van der Waals surface area contributed by atoms with Crippen LogP contribution in [-0.4, -0.2) is 0 Å². The van der Waals surface area contributed by atoms with Crippen molar-refractivity contribution in [3.63, 3.8) is 0 Å². The van der Waals surface area contributed by atoms with Crippen molar-refractivity contribution in [3.8, 4) is 0 Å². The van der Waals surface area contributed by atoms with E-state index in [9.17, 15) is 0 Å². The van der Waals surface area contributed by atoms with Gasteiger partial charge in [-0.25, -0.2) is 0 Å². The summed E-state index contributed by atoms with van der Waals surface area (Å²) < 4.78 is 1.21. The van der Waals surface area contributed by atoms with Gasteiger partial charge in [-0.1, -0.05) is 38.5 Å². The zero-order chi connectivity index (χ0) is 12.3. The molecule has 0 bridgehead atoms. The van der Waals surface area contributed by atoms with Crippen molar-refractivity contribution in [2.45, 2.75) is 57.2 Å². The lowest BCUT2D eigenvalue weighted by Gasteiger charge is -2.16. The first kappa shape index (κ1) is 13.9. The Hall–Kier alpha value is 0.470. The first-order valence-electron chi connectivity index (χ1n) is 6.56. The molecule has 17 heavy (non-hydrogen) atoms. The van der Waals surface area contributed by atoms with Gasteiger partial charge < -0.3 is 0 Å². The molecular formula is C14H20BrClS. The Kier molecular flexibility index (Phi) is 5.38. The van der Waals surface area contributed by atoms with E-state index in [2.05, 4.69) is 28.9 Å². The highest BCUT2D eigenvalue weighted by Crippen LogP contribution is 2.39. The summed E-state index contributed by atoms with van der Waals surface area (Å²) in [5, 5.41) is 0.216. The second-order valence-electron chi connectivity index (χ2n) is 5.11. The average molecular weight is 336 g/mol. The second kappa shape index (κ2) is 6.58. The van der Waals surface area contributed by atoms with E-state index in [1.54, 1.807) is 0 Å². The summed E-state index contributed by atoms with van der Waals surface area (Å²) in [6.45, 7) is 2.15. The number of alkyl halides is 1. The number of halogens is 2. The van der Waals surface area contributed by atoms with Gasteiger partial charge in [-0.15, -0.1) is 22.9 Å². The third kappa shape index (κ3) is 3.97. The Morgan fingerprint density at radius 1 is 1.35 bits per heavy atom. The van der Waals surface area contributed by atoms with E-state index < -0.39 is 0 Å². The SMILES string of the molecule is Cc1sc(C(Cl)CC2CCCCCC2)cc1Br. The van der Waals surface area contributed by atoms with Crippen molar-refractivity contribution in [1.29, 1.82) is 0 Å². The monoisotopic (exact) mass is 334 g/mol. The van der Waals surface area contributed by atoms with Gasteiger partial charge in [-0.05, 0) is 41.3 Å². The van der Waals surface area contributed by atoms with Gasteiger partial charge >= 0.3 is 0 Å². The molecule has 1 unspecified atom stereocenters. The smallest absolute Gasteiger partial charge is 0.0681 e. The van der Waals surface area contributed by atoms with E-state index in [-0.39, 0.29) is 5.38 Å². The molecular weight excluding hydrogens is 316 g/mol. The number of rotatable bonds is 3. The quantitative estimate of drug-likeness (QED) is 0.439. The van der Waals surface area contributed by atoms with Crippen LogP contribution in [0.2, 0.25) is 0 Å². The predicted octanol–water partition coefficient (Wildman–Crippen LogP) is 6.46. The molecule has 1 heterocycles. The van der Waals surface area contributed by atoms with E-state index in [0.29, 0.717) is 0 Å². The van der Waals surface area contributed by atoms with Gasteiger partial charge in [0, 0.05) is 14.2 Å². The molecule has 3 heteroatoms. The van der Waals surface area contributed by atoms with Gasteiger partial charge in [0.1, 0.15) is 0 Å². The predicted molar refractivity (Wildman–Crippen MR) is 81.2 cm³/mol. The minimum Gasteiger partial charge on any atom is -0.143 e. The summed E-state index contributed by atoms with van der Waals surface area (Å²) in [7, 11) is 0. The topological polar surface area (TPSA) is 0 Å². The summed E-state index contributed by atoms with van der Waals surface area (Å²) in [5.41, 5.74) is 0.